The Kier molecular flexibility index (Phi) is 8.68. The highest BCUT2D eigenvalue weighted by Gasteiger charge is 2.22. The van der Waals surface area contributed by atoms with Crippen molar-refractivity contribution in [3.8, 4) is 5.75 Å². The molecule has 0 amide bonds. The molecule has 3 N–H and O–H groups in total. The first-order valence-corrected chi connectivity index (χ1v) is 12.5. The lowest BCUT2D eigenvalue weighted by Crippen LogP contribution is -2.32. The molecule has 0 saturated heterocycles. The summed E-state index contributed by atoms with van der Waals surface area (Å²) in [5.74, 6) is -1.20. The van der Waals surface area contributed by atoms with Gasteiger partial charge in [-0.15, -0.1) is 0 Å². The van der Waals surface area contributed by atoms with Crippen LogP contribution in [-0.4, -0.2) is 43.8 Å². The number of ether oxygens (including phenoxy) is 1. The van der Waals surface area contributed by atoms with Crippen LogP contribution in [0.2, 0.25) is 5.02 Å². The Balaban J connectivity index is 1.64. The van der Waals surface area contributed by atoms with E-state index in [-0.39, 0.29) is 21.6 Å². The van der Waals surface area contributed by atoms with Gasteiger partial charge in [0.2, 0.25) is 9.84 Å². The van der Waals surface area contributed by atoms with E-state index in [1.165, 1.54) is 24.3 Å². The van der Waals surface area contributed by atoms with Gasteiger partial charge >= 0.3 is 5.97 Å². The van der Waals surface area contributed by atoms with E-state index >= 15 is 0 Å². The van der Waals surface area contributed by atoms with Crippen molar-refractivity contribution >= 4 is 27.4 Å². The number of nitrogens with one attached hydrogen (secondary N) is 1. The molecule has 0 fully saturated rings. The summed E-state index contributed by atoms with van der Waals surface area (Å²) < 4.78 is 31.3. The summed E-state index contributed by atoms with van der Waals surface area (Å²) in [6, 6.07) is 19.6. The SMILES string of the molecule is C[C@H](Cc1ccc(S(=O)(=O)c2ccccc2OCC(=O)O)cc1)NC[C@@H](O)c1cccc(Cl)c1. The summed E-state index contributed by atoms with van der Waals surface area (Å²) in [5, 5.41) is 23.0. The summed E-state index contributed by atoms with van der Waals surface area (Å²) >= 11 is 5.97. The number of carbonyl (C=O) groups is 1. The quantitative estimate of drug-likeness (QED) is 0.364. The average molecular weight is 504 g/mol. The van der Waals surface area contributed by atoms with Crippen LogP contribution in [0.15, 0.2) is 82.6 Å². The third-order valence-electron chi connectivity index (χ3n) is 5.16. The standard InChI is InChI=1S/C25H26ClNO6S/c1-17(27-15-22(28)19-5-4-6-20(26)14-19)13-18-9-11-21(12-10-18)34(31,32)24-8-3-2-7-23(24)33-16-25(29)30/h2-12,14,17,22,27-28H,13,15-16H2,1H3,(H,29,30)/t17-,22-/m1/s1. The number of hydrogen-bond donors (Lipinski definition) is 3. The van der Waals surface area contributed by atoms with Gasteiger partial charge in [-0.3, -0.25) is 0 Å². The molecule has 34 heavy (non-hydrogen) atoms. The van der Waals surface area contributed by atoms with Gasteiger partial charge < -0.3 is 20.3 Å². The molecule has 0 aliphatic carbocycles. The predicted molar refractivity (Wildman–Crippen MR) is 129 cm³/mol. The first-order chi connectivity index (χ1) is 16.2. The molecule has 0 saturated carbocycles. The summed E-state index contributed by atoms with van der Waals surface area (Å²) in [6.45, 7) is 1.69. The predicted octanol–water partition coefficient (Wildman–Crippen LogP) is 3.89. The van der Waals surface area contributed by atoms with Gasteiger partial charge in [-0.1, -0.05) is 48.0 Å². The zero-order valence-electron chi connectivity index (χ0n) is 18.5. The van der Waals surface area contributed by atoms with Crippen LogP contribution in [0.5, 0.6) is 5.75 Å². The first-order valence-electron chi connectivity index (χ1n) is 10.6. The van der Waals surface area contributed by atoms with Crippen LogP contribution in [0.3, 0.4) is 0 Å². The summed E-state index contributed by atoms with van der Waals surface area (Å²) in [6.07, 6.45) is -0.0712. The van der Waals surface area contributed by atoms with Crippen LogP contribution < -0.4 is 10.1 Å². The maximum Gasteiger partial charge on any atom is 0.341 e. The molecule has 2 atom stereocenters. The van der Waals surface area contributed by atoms with Crippen LogP contribution in [0.4, 0.5) is 0 Å². The molecule has 3 aromatic rings. The molecule has 3 rings (SSSR count). The van der Waals surface area contributed by atoms with Crippen molar-refractivity contribution < 1.29 is 28.2 Å². The van der Waals surface area contributed by atoms with Crippen molar-refractivity contribution in [2.45, 2.75) is 35.3 Å². The zero-order valence-corrected chi connectivity index (χ0v) is 20.1. The van der Waals surface area contributed by atoms with Gasteiger partial charge in [-0.2, -0.15) is 0 Å². The van der Waals surface area contributed by atoms with Crippen molar-refractivity contribution in [1.82, 2.24) is 5.32 Å². The van der Waals surface area contributed by atoms with Gasteiger partial charge in [0.05, 0.1) is 11.0 Å². The van der Waals surface area contributed by atoms with E-state index in [4.69, 9.17) is 21.4 Å². The number of aliphatic carboxylic acids is 1. The Labute approximate surface area is 203 Å². The summed E-state index contributed by atoms with van der Waals surface area (Å²) in [4.78, 5) is 10.8. The number of hydrogen-bond acceptors (Lipinski definition) is 6. The van der Waals surface area contributed by atoms with Crippen LogP contribution in [-0.2, 0) is 21.1 Å². The van der Waals surface area contributed by atoms with Gasteiger partial charge in [-0.05, 0) is 60.9 Å². The van der Waals surface area contributed by atoms with Crippen LogP contribution >= 0.6 is 11.6 Å². The second kappa shape index (κ2) is 11.5. The minimum Gasteiger partial charge on any atom is -0.481 e. The van der Waals surface area contributed by atoms with E-state index in [0.717, 1.165) is 11.1 Å². The average Bonchev–Trinajstić information content (AvgIpc) is 2.81. The molecule has 7 nitrogen and oxygen atoms in total. The highest BCUT2D eigenvalue weighted by atomic mass is 35.5. The minimum atomic E-state index is -3.90. The Morgan fingerprint density at radius 1 is 1.06 bits per heavy atom. The largest absolute Gasteiger partial charge is 0.481 e. The molecule has 0 radical (unpaired) electrons. The molecule has 0 aromatic heterocycles. The van der Waals surface area contributed by atoms with E-state index in [2.05, 4.69) is 5.32 Å². The zero-order chi connectivity index (χ0) is 24.7. The number of carboxylic acid groups (broad SMARTS) is 1. The Morgan fingerprint density at radius 2 is 1.76 bits per heavy atom. The number of aliphatic hydroxyl groups is 1. The monoisotopic (exact) mass is 503 g/mol. The molecule has 3 aromatic carbocycles. The maximum absolute atomic E-state index is 13.1. The number of benzene rings is 3. The maximum atomic E-state index is 13.1. The fourth-order valence-electron chi connectivity index (χ4n) is 3.43. The van der Waals surface area contributed by atoms with E-state index in [0.29, 0.717) is 18.0 Å². The molecule has 0 unspecified atom stereocenters. The third-order valence-corrected chi connectivity index (χ3v) is 7.20. The second-order valence-electron chi connectivity index (χ2n) is 7.86. The molecule has 9 heteroatoms. The Bertz CT molecular complexity index is 1230. The van der Waals surface area contributed by atoms with Gasteiger partial charge in [-0.25, -0.2) is 13.2 Å². The Hall–Kier alpha value is -2.91. The highest BCUT2D eigenvalue weighted by Crippen LogP contribution is 2.29. The molecule has 0 spiro atoms. The smallest absolute Gasteiger partial charge is 0.341 e. The lowest BCUT2D eigenvalue weighted by atomic mass is 10.1. The molecule has 0 heterocycles. The fraction of sp³-hybridized carbons (Fsp3) is 0.240. The number of sulfone groups is 1. The van der Waals surface area contributed by atoms with Gasteiger partial charge in [0.15, 0.2) is 6.61 Å². The highest BCUT2D eigenvalue weighted by molar-refractivity contribution is 7.91. The van der Waals surface area contributed by atoms with E-state index < -0.39 is 28.5 Å². The molecule has 0 aliphatic rings. The summed E-state index contributed by atoms with van der Waals surface area (Å²) in [5.41, 5.74) is 1.65. The third kappa shape index (κ3) is 6.80. The first kappa shape index (κ1) is 25.7. The second-order valence-corrected chi connectivity index (χ2v) is 10.2. The fourth-order valence-corrected chi connectivity index (χ4v) is 5.03. The van der Waals surface area contributed by atoms with Crippen molar-refractivity contribution in [3.63, 3.8) is 0 Å². The molecular weight excluding hydrogens is 478 g/mol. The number of halogens is 1. The van der Waals surface area contributed by atoms with E-state index in [9.17, 15) is 18.3 Å². The Morgan fingerprint density at radius 3 is 2.44 bits per heavy atom. The molecule has 0 bridgehead atoms. The van der Waals surface area contributed by atoms with Crippen molar-refractivity contribution in [2.75, 3.05) is 13.2 Å². The molecular formula is C25H26ClNO6S. The van der Waals surface area contributed by atoms with Crippen LogP contribution in [0.1, 0.15) is 24.2 Å². The molecule has 0 aliphatic heterocycles. The van der Waals surface area contributed by atoms with Gasteiger partial charge in [0.1, 0.15) is 10.6 Å². The number of carboxylic acids is 1. The van der Waals surface area contributed by atoms with Crippen molar-refractivity contribution in [1.29, 1.82) is 0 Å². The van der Waals surface area contributed by atoms with Crippen molar-refractivity contribution in [3.05, 3.63) is 88.9 Å². The lowest BCUT2D eigenvalue weighted by molar-refractivity contribution is -0.139. The normalized spacial score (nSPS) is 13.3. The van der Waals surface area contributed by atoms with Gasteiger partial charge in [0.25, 0.3) is 0 Å². The number of aliphatic hydroxyl groups excluding tert-OH is 1. The van der Waals surface area contributed by atoms with Crippen LogP contribution in [0.25, 0.3) is 0 Å². The molecule has 180 valence electrons. The summed E-state index contributed by atoms with van der Waals surface area (Å²) in [7, 11) is -3.90. The van der Waals surface area contributed by atoms with Crippen LogP contribution in [0, 0.1) is 0 Å². The van der Waals surface area contributed by atoms with E-state index in [1.807, 2.05) is 13.0 Å². The number of para-hydroxylation sites is 1. The minimum absolute atomic E-state index is 0.00920. The number of rotatable bonds is 11. The van der Waals surface area contributed by atoms with E-state index in [1.54, 1.807) is 42.5 Å². The lowest BCUT2D eigenvalue weighted by Gasteiger charge is -2.18. The van der Waals surface area contributed by atoms with Gasteiger partial charge in [0, 0.05) is 17.6 Å². The van der Waals surface area contributed by atoms with Crippen molar-refractivity contribution in [2.24, 2.45) is 0 Å². The topological polar surface area (TPSA) is 113 Å².